The maximum Gasteiger partial charge on any atom is 0.325 e. The van der Waals surface area contributed by atoms with Crippen LogP contribution in [-0.4, -0.2) is 41.5 Å². The summed E-state index contributed by atoms with van der Waals surface area (Å²) in [6.07, 6.45) is 2.91. The molecule has 2 rings (SSSR count). The minimum absolute atomic E-state index is 0.0561. The molecule has 6 nitrogen and oxygen atoms in total. The van der Waals surface area contributed by atoms with E-state index >= 15 is 0 Å². The summed E-state index contributed by atoms with van der Waals surface area (Å²) in [7, 11) is -3.91. The van der Waals surface area contributed by atoms with Crippen LogP contribution in [-0.2, 0) is 14.8 Å². The number of carbonyl (C=O) groups is 1. The van der Waals surface area contributed by atoms with Gasteiger partial charge in [-0.25, -0.2) is 8.42 Å². The molecule has 0 radical (unpaired) electrons. The summed E-state index contributed by atoms with van der Waals surface area (Å²) in [6, 6.07) is 1.38. The number of nitrogens with zero attached hydrogens (tertiary/aromatic N) is 1. The molecular weight excluding hydrogens is 356 g/mol. The maximum absolute atomic E-state index is 12.2. The summed E-state index contributed by atoms with van der Waals surface area (Å²) in [5, 5.41) is 9.26. The third-order valence-electron chi connectivity index (χ3n) is 2.75. The van der Waals surface area contributed by atoms with E-state index in [4.69, 9.17) is 0 Å². The van der Waals surface area contributed by atoms with E-state index in [0.29, 0.717) is 10.2 Å². The number of hydrogen-bond acceptors (Lipinski definition) is 5. The van der Waals surface area contributed by atoms with Crippen molar-refractivity contribution in [3.05, 3.63) is 22.9 Å². The van der Waals surface area contributed by atoms with Crippen molar-refractivity contribution in [1.82, 2.24) is 9.71 Å². The molecule has 0 saturated carbocycles. The molecule has 104 valence electrons. The molecular formula is C10H11BrN2O4S2. The minimum Gasteiger partial charge on any atom is -0.480 e. The smallest absolute Gasteiger partial charge is 0.325 e. The lowest BCUT2D eigenvalue weighted by Crippen LogP contribution is -2.54. The fourth-order valence-corrected chi connectivity index (χ4v) is 5.02. The Labute approximate surface area is 123 Å². The van der Waals surface area contributed by atoms with Gasteiger partial charge in [-0.05, 0) is 34.2 Å². The first-order valence-corrected chi connectivity index (χ1v) is 8.74. The average Bonchev–Trinajstić information content (AvgIpc) is 2.78. The molecule has 0 spiro atoms. The van der Waals surface area contributed by atoms with Gasteiger partial charge in [-0.1, -0.05) is 0 Å². The van der Waals surface area contributed by atoms with Gasteiger partial charge >= 0.3 is 5.97 Å². The van der Waals surface area contributed by atoms with Crippen molar-refractivity contribution in [2.24, 2.45) is 0 Å². The molecule has 1 saturated heterocycles. The number of rotatable bonds is 4. The summed E-state index contributed by atoms with van der Waals surface area (Å²) in [5.74, 6) is -0.307. The third-order valence-corrected chi connectivity index (χ3v) is 5.88. The Morgan fingerprint density at radius 3 is 2.79 bits per heavy atom. The number of aliphatic carboxylic acids is 1. The molecule has 0 amide bonds. The molecule has 2 N–H and O–H groups in total. The zero-order valence-corrected chi connectivity index (χ0v) is 12.9. The minimum atomic E-state index is -3.91. The summed E-state index contributed by atoms with van der Waals surface area (Å²) in [6.45, 7) is 0. The van der Waals surface area contributed by atoms with Crippen molar-refractivity contribution in [2.45, 2.75) is 16.9 Å². The van der Waals surface area contributed by atoms with Crippen molar-refractivity contribution in [2.75, 3.05) is 11.5 Å². The number of carboxylic acids is 1. The van der Waals surface area contributed by atoms with Crippen LogP contribution >= 0.6 is 27.7 Å². The molecule has 0 aromatic carbocycles. The van der Waals surface area contributed by atoms with Crippen LogP contribution in [0.4, 0.5) is 0 Å². The fourth-order valence-electron chi connectivity index (χ4n) is 1.71. The number of nitrogens with one attached hydrogen (secondary N) is 1. The highest BCUT2D eigenvalue weighted by Crippen LogP contribution is 2.30. The number of pyridine rings is 1. The number of aromatic nitrogens is 1. The number of sulfonamides is 1. The topological polar surface area (TPSA) is 96.4 Å². The Kier molecular flexibility index (Phi) is 4.19. The van der Waals surface area contributed by atoms with Gasteiger partial charge in [-0.3, -0.25) is 9.78 Å². The summed E-state index contributed by atoms with van der Waals surface area (Å²) >= 11 is 4.55. The lowest BCUT2D eigenvalue weighted by molar-refractivity contribution is -0.142. The number of thioether (sulfide) groups is 1. The summed E-state index contributed by atoms with van der Waals surface area (Å²) < 4.78 is 27.2. The number of halogens is 1. The predicted octanol–water partition coefficient (Wildman–Crippen LogP) is 1.08. The first-order chi connectivity index (χ1) is 8.86. The monoisotopic (exact) mass is 366 g/mol. The first kappa shape index (κ1) is 14.8. The summed E-state index contributed by atoms with van der Waals surface area (Å²) in [5.41, 5.74) is -1.42. The molecule has 1 atom stereocenters. The van der Waals surface area contributed by atoms with E-state index in [2.05, 4.69) is 25.6 Å². The lowest BCUT2D eigenvalue weighted by Gasteiger charge is -2.24. The quantitative estimate of drug-likeness (QED) is 0.827. The van der Waals surface area contributed by atoms with Crippen molar-refractivity contribution in [1.29, 1.82) is 0 Å². The second-order valence-corrected chi connectivity index (χ2v) is 7.84. The van der Waals surface area contributed by atoms with Crippen molar-refractivity contribution < 1.29 is 18.3 Å². The van der Waals surface area contributed by atoms with Gasteiger partial charge in [0.1, 0.15) is 10.4 Å². The van der Waals surface area contributed by atoms with Crippen LogP contribution in [0.2, 0.25) is 0 Å². The van der Waals surface area contributed by atoms with Crippen molar-refractivity contribution >= 4 is 43.7 Å². The maximum atomic E-state index is 12.2. The van der Waals surface area contributed by atoms with Crippen LogP contribution in [0.25, 0.3) is 0 Å². The van der Waals surface area contributed by atoms with Crippen molar-refractivity contribution in [3.63, 3.8) is 0 Å². The zero-order chi connectivity index (χ0) is 14.1. The highest BCUT2D eigenvalue weighted by Gasteiger charge is 2.45. The third kappa shape index (κ3) is 3.10. The van der Waals surface area contributed by atoms with Gasteiger partial charge in [0.15, 0.2) is 0 Å². The Hall–Kier alpha value is -0.640. The van der Waals surface area contributed by atoms with E-state index in [-0.39, 0.29) is 17.1 Å². The van der Waals surface area contributed by atoms with E-state index in [1.54, 1.807) is 0 Å². The van der Waals surface area contributed by atoms with Gasteiger partial charge in [-0.15, -0.1) is 0 Å². The van der Waals surface area contributed by atoms with E-state index in [0.717, 1.165) is 0 Å². The van der Waals surface area contributed by atoms with Crippen molar-refractivity contribution in [3.8, 4) is 0 Å². The van der Waals surface area contributed by atoms with E-state index in [9.17, 15) is 18.3 Å². The van der Waals surface area contributed by atoms with Gasteiger partial charge < -0.3 is 5.11 Å². The van der Waals surface area contributed by atoms with Crippen LogP contribution in [0.5, 0.6) is 0 Å². The molecule has 1 fully saturated rings. The van der Waals surface area contributed by atoms with Crippen LogP contribution in [0, 0.1) is 0 Å². The van der Waals surface area contributed by atoms with Gasteiger partial charge in [0.2, 0.25) is 10.0 Å². The largest absolute Gasteiger partial charge is 0.480 e. The molecule has 0 aliphatic carbocycles. The van der Waals surface area contributed by atoms with E-state index in [1.807, 2.05) is 0 Å². The molecule has 19 heavy (non-hydrogen) atoms. The molecule has 1 aliphatic rings. The van der Waals surface area contributed by atoms with Gasteiger partial charge in [0.25, 0.3) is 0 Å². The second-order valence-electron chi connectivity index (χ2n) is 4.13. The molecule has 9 heteroatoms. The van der Waals surface area contributed by atoms with Gasteiger partial charge in [0.05, 0.1) is 0 Å². The standard InChI is InChI=1S/C10H11BrN2O4S2/c11-7-3-8(5-12-4-7)19(16,17)13-10(9(14)15)1-2-18-6-10/h3-5,13H,1-2,6H2,(H,14,15). The molecule has 1 aromatic rings. The highest BCUT2D eigenvalue weighted by atomic mass is 79.9. The predicted molar refractivity (Wildman–Crippen MR) is 74.6 cm³/mol. The Bertz CT molecular complexity index is 599. The second kappa shape index (κ2) is 5.39. The van der Waals surface area contributed by atoms with Crippen LogP contribution in [0.3, 0.4) is 0 Å². The van der Waals surface area contributed by atoms with E-state index < -0.39 is 21.5 Å². The number of carboxylic acid groups (broad SMARTS) is 1. The average molecular weight is 367 g/mol. The SMILES string of the molecule is O=C(O)C1(NS(=O)(=O)c2cncc(Br)c2)CCSC1. The zero-order valence-electron chi connectivity index (χ0n) is 9.67. The normalized spacial score (nSPS) is 23.4. The van der Waals surface area contributed by atoms with Crippen LogP contribution in [0.15, 0.2) is 27.8 Å². The Balaban J connectivity index is 2.33. The Morgan fingerprint density at radius 2 is 2.26 bits per heavy atom. The van der Waals surface area contributed by atoms with Crippen LogP contribution < -0.4 is 4.72 Å². The highest BCUT2D eigenvalue weighted by molar-refractivity contribution is 9.10. The molecule has 0 bridgehead atoms. The first-order valence-electron chi connectivity index (χ1n) is 5.31. The molecule has 2 heterocycles. The Morgan fingerprint density at radius 1 is 1.53 bits per heavy atom. The van der Waals surface area contributed by atoms with E-state index in [1.165, 1.54) is 30.2 Å². The summed E-state index contributed by atoms with van der Waals surface area (Å²) in [4.78, 5) is 15.1. The number of hydrogen-bond donors (Lipinski definition) is 2. The molecule has 1 aliphatic heterocycles. The lowest BCUT2D eigenvalue weighted by atomic mass is 10.0. The van der Waals surface area contributed by atoms with Gasteiger partial charge in [-0.2, -0.15) is 16.5 Å². The fraction of sp³-hybridized carbons (Fsp3) is 0.400. The molecule has 1 aromatic heterocycles. The van der Waals surface area contributed by atoms with Crippen LogP contribution in [0.1, 0.15) is 6.42 Å². The van der Waals surface area contributed by atoms with Gasteiger partial charge in [0, 0.05) is 22.6 Å². The molecule has 1 unspecified atom stereocenters.